The first kappa shape index (κ1) is 18.8. The van der Waals surface area contributed by atoms with Crippen LogP contribution in [0.15, 0.2) is 48.5 Å². The predicted molar refractivity (Wildman–Crippen MR) is 103 cm³/mol. The van der Waals surface area contributed by atoms with Gasteiger partial charge in [0.05, 0.1) is 12.8 Å². The molecule has 27 heavy (non-hydrogen) atoms. The minimum absolute atomic E-state index is 0.0760. The molecule has 0 unspecified atom stereocenters. The van der Waals surface area contributed by atoms with Crippen molar-refractivity contribution in [3.05, 3.63) is 54.1 Å². The van der Waals surface area contributed by atoms with Gasteiger partial charge in [-0.05, 0) is 43.2 Å². The molecule has 0 saturated carbocycles. The highest BCUT2D eigenvalue weighted by Gasteiger charge is 2.31. The summed E-state index contributed by atoms with van der Waals surface area (Å²) in [4.78, 5) is 26.2. The van der Waals surface area contributed by atoms with Gasteiger partial charge in [-0.2, -0.15) is 0 Å². The van der Waals surface area contributed by atoms with Gasteiger partial charge in [0.2, 0.25) is 5.91 Å². The first-order valence-corrected chi connectivity index (χ1v) is 9.05. The van der Waals surface area contributed by atoms with Gasteiger partial charge in [-0.25, -0.2) is 0 Å². The van der Waals surface area contributed by atoms with Gasteiger partial charge < -0.3 is 19.7 Å². The third kappa shape index (κ3) is 4.58. The number of para-hydroxylation sites is 2. The van der Waals surface area contributed by atoms with Crippen molar-refractivity contribution >= 4 is 17.5 Å². The Kier molecular flexibility index (Phi) is 5.96. The Bertz CT molecular complexity index is 804. The molecule has 2 aromatic rings. The third-order valence-corrected chi connectivity index (χ3v) is 4.53. The van der Waals surface area contributed by atoms with Crippen LogP contribution in [0.2, 0.25) is 0 Å². The summed E-state index contributed by atoms with van der Waals surface area (Å²) in [5.41, 5.74) is 1.84. The van der Waals surface area contributed by atoms with E-state index in [1.807, 2.05) is 48.5 Å². The van der Waals surface area contributed by atoms with Crippen LogP contribution in [-0.2, 0) is 16.0 Å². The summed E-state index contributed by atoms with van der Waals surface area (Å²) in [6.07, 6.45) is 0.444. The number of ether oxygens (including phenoxy) is 2. The Balaban J connectivity index is 1.49. The number of nitrogens with zero attached hydrogens (tertiary/aromatic N) is 1. The van der Waals surface area contributed by atoms with E-state index in [9.17, 15) is 9.59 Å². The number of anilines is 1. The summed E-state index contributed by atoms with van der Waals surface area (Å²) in [6.45, 7) is 2.60. The number of methoxy groups -OCH3 is 1. The van der Waals surface area contributed by atoms with Crippen molar-refractivity contribution in [2.45, 2.75) is 25.9 Å². The highest BCUT2D eigenvalue weighted by Crippen LogP contribution is 2.33. The topological polar surface area (TPSA) is 67.9 Å². The van der Waals surface area contributed by atoms with E-state index in [0.717, 1.165) is 17.7 Å². The van der Waals surface area contributed by atoms with Gasteiger partial charge in [0, 0.05) is 19.5 Å². The van der Waals surface area contributed by atoms with Crippen LogP contribution in [0.1, 0.15) is 18.9 Å². The average molecular weight is 368 g/mol. The molecule has 0 radical (unpaired) electrons. The van der Waals surface area contributed by atoms with Crippen LogP contribution in [0.4, 0.5) is 5.69 Å². The molecule has 2 amide bonds. The van der Waals surface area contributed by atoms with Crippen molar-refractivity contribution in [3.8, 4) is 11.5 Å². The Labute approximate surface area is 159 Å². The number of hydrogen-bond acceptors (Lipinski definition) is 4. The summed E-state index contributed by atoms with van der Waals surface area (Å²) in [5, 5.41) is 2.91. The molecule has 0 spiro atoms. The van der Waals surface area contributed by atoms with E-state index < -0.39 is 6.10 Å². The van der Waals surface area contributed by atoms with Crippen LogP contribution >= 0.6 is 0 Å². The molecule has 0 aromatic heterocycles. The van der Waals surface area contributed by atoms with Crippen molar-refractivity contribution < 1.29 is 19.1 Å². The Hall–Kier alpha value is -3.02. The first-order valence-electron chi connectivity index (χ1n) is 9.05. The molecule has 0 saturated heterocycles. The molecule has 1 aliphatic heterocycles. The van der Waals surface area contributed by atoms with E-state index in [1.165, 1.54) is 0 Å². The number of hydrogen-bond donors (Lipinski definition) is 1. The first-order chi connectivity index (χ1) is 13.1. The normalized spacial score (nSPS) is 15.7. The second-order valence-electron chi connectivity index (χ2n) is 6.42. The fourth-order valence-electron chi connectivity index (χ4n) is 3.03. The standard InChI is InChI=1S/C21H24N2O4/c1-15-21(25)23(18-5-3-4-6-19(18)27-15)14-12-20(24)22-13-11-16-7-9-17(26-2)10-8-16/h3-10,15H,11-14H2,1-2H3,(H,22,24)/t15-/m1/s1. The predicted octanol–water partition coefficient (Wildman–Crippen LogP) is 2.56. The Morgan fingerprint density at radius 2 is 1.93 bits per heavy atom. The van der Waals surface area contributed by atoms with Crippen LogP contribution in [-0.4, -0.2) is 38.1 Å². The van der Waals surface area contributed by atoms with Crippen LogP contribution in [0.5, 0.6) is 11.5 Å². The third-order valence-electron chi connectivity index (χ3n) is 4.53. The second-order valence-corrected chi connectivity index (χ2v) is 6.42. The molecule has 142 valence electrons. The lowest BCUT2D eigenvalue weighted by Gasteiger charge is -2.32. The molecule has 0 bridgehead atoms. The molecular formula is C21H24N2O4. The molecule has 1 aliphatic rings. The van der Waals surface area contributed by atoms with Gasteiger partial charge in [0.15, 0.2) is 6.10 Å². The Morgan fingerprint density at radius 1 is 1.19 bits per heavy atom. The van der Waals surface area contributed by atoms with E-state index >= 15 is 0 Å². The molecule has 2 aromatic carbocycles. The van der Waals surface area contributed by atoms with Crippen LogP contribution in [0, 0.1) is 0 Å². The lowest BCUT2D eigenvalue weighted by atomic mass is 10.1. The zero-order valence-corrected chi connectivity index (χ0v) is 15.6. The largest absolute Gasteiger partial charge is 0.497 e. The van der Waals surface area contributed by atoms with Gasteiger partial charge in [0.25, 0.3) is 5.91 Å². The molecule has 1 N–H and O–H groups in total. The highest BCUT2D eigenvalue weighted by atomic mass is 16.5. The van der Waals surface area contributed by atoms with Gasteiger partial charge in [-0.15, -0.1) is 0 Å². The van der Waals surface area contributed by atoms with Gasteiger partial charge in [-0.1, -0.05) is 24.3 Å². The molecule has 0 fully saturated rings. The SMILES string of the molecule is COc1ccc(CCNC(=O)CCN2C(=O)[C@@H](C)Oc3ccccc32)cc1. The number of benzene rings is 2. The van der Waals surface area contributed by atoms with E-state index in [1.54, 1.807) is 18.9 Å². The lowest BCUT2D eigenvalue weighted by Crippen LogP contribution is -2.45. The number of rotatable bonds is 7. The van der Waals surface area contributed by atoms with Crippen molar-refractivity contribution in [3.63, 3.8) is 0 Å². The van der Waals surface area contributed by atoms with Crippen molar-refractivity contribution in [2.24, 2.45) is 0 Å². The van der Waals surface area contributed by atoms with Crippen LogP contribution < -0.4 is 19.7 Å². The minimum atomic E-state index is -0.543. The number of carbonyl (C=O) groups excluding carboxylic acids is 2. The summed E-state index contributed by atoms with van der Waals surface area (Å²) in [6, 6.07) is 15.2. The van der Waals surface area contributed by atoms with Gasteiger partial charge in [-0.3, -0.25) is 9.59 Å². The molecule has 3 rings (SSSR count). The maximum absolute atomic E-state index is 12.4. The van der Waals surface area contributed by atoms with Crippen molar-refractivity contribution in [1.29, 1.82) is 0 Å². The number of fused-ring (bicyclic) bond motifs is 1. The minimum Gasteiger partial charge on any atom is -0.497 e. The molecule has 1 atom stereocenters. The molecular weight excluding hydrogens is 344 g/mol. The number of nitrogens with one attached hydrogen (secondary N) is 1. The van der Waals surface area contributed by atoms with E-state index in [4.69, 9.17) is 9.47 Å². The maximum atomic E-state index is 12.4. The van der Waals surface area contributed by atoms with Crippen molar-refractivity contribution in [1.82, 2.24) is 5.32 Å². The molecule has 0 aliphatic carbocycles. The number of amides is 2. The van der Waals surface area contributed by atoms with Crippen LogP contribution in [0.3, 0.4) is 0 Å². The lowest BCUT2D eigenvalue weighted by molar-refractivity contribution is -0.125. The van der Waals surface area contributed by atoms with Crippen LogP contribution in [0.25, 0.3) is 0 Å². The van der Waals surface area contributed by atoms with E-state index in [2.05, 4.69) is 5.32 Å². The monoisotopic (exact) mass is 368 g/mol. The number of carbonyl (C=O) groups is 2. The zero-order chi connectivity index (χ0) is 19.2. The summed E-state index contributed by atoms with van der Waals surface area (Å²) in [7, 11) is 1.63. The van der Waals surface area contributed by atoms with E-state index in [-0.39, 0.29) is 18.2 Å². The zero-order valence-electron chi connectivity index (χ0n) is 15.6. The molecule has 6 nitrogen and oxygen atoms in total. The maximum Gasteiger partial charge on any atom is 0.267 e. The van der Waals surface area contributed by atoms with Gasteiger partial charge >= 0.3 is 0 Å². The summed E-state index contributed by atoms with van der Waals surface area (Å²) < 4.78 is 10.7. The Morgan fingerprint density at radius 3 is 2.67 bits per heavy atom. The average Bonchev–Trinajstić information content (AvgIpc) is 2.69. The summed E-state index contributed by atoms with van der Waals surface area (Å²) in [5.74, 6) is 1.28. The fraction of sp³-hybridized carbons (Fsp3) is 0.333. The molecule has 6 heteroatoms. The fourth-order valence-corrected chi connectivity index (χ4v) is 3.03. The smallest absolute Gasteiger partial charge is 0.267 e. The highest BCUT2D eigenvalue weighted by molar-refractivity contribution is 6.00. The van der Waals surface area contributed by atoms with Crippen molar-refractivity contribution in [2.75, 3.05) is 25.1 Å². The van der Waals surface area contributed by atoms with Gasteiger partial charge in [0.1, 0.15) is 11.5 Å². The van der Waals surface area contributed by atoms with E-state index in [0.29, 0.717) is 24.5 Å². The summed E-state index contributed by atoms with van der Waals surface area (Å²) >= 11 is 0. The second kappa shape index (κ2) is 8.58. The molecule has 1 heterocycles. The quantitative estimate of drug-likeness (QED) is 0.816.